The second-order valence-corrected chi connectivity index (χ2v) is 19.6. The van der Waals surface area contributed by atoms with Gasteiger partial charge in [0.1, 0.15) is 0 Å². The molecule has 53 heavy (non-hydrogen) atoms. The standard InChI is InChI=1S/C52H54Si/c1-35(2)43-31-21-32-44(36(3)4)47(43)49-50(48-45(37(5)6)33-22-34-46(48)38(7)8)52(40-25-15-10-16-26-40)53(41-27-17-11-18-28-41,42-29-19-12-20-30-42)51(49)39-23-13-9-14-24-39/h9-38H,1-8H3. The van der Waals surface area contributed by atoms with E-state index >= 15 is 0 Å². The summed E-state index contributed by atoms with van der Waals surface area (Å²) in [4.78, 5) is 0. The molecule has 0 radical (unpaired) electrons. The Labute approximate surface area is 320 Å². The van der Waals surface area contributed by atoms with Crippen molar-refractivity contribution in [3.8, 4) is 0 Å². The molecule has 0 aliphatic carbocycles. The summed E-state index contributed by atoms with van der Waals surface area (Å²) in [5.74, 6) is 1.35. The summed E-state index contributed by atoms with van der Waals surface area (Å²) in [5.41, 5.74) is 14.0. The molecular formula is C52H54Si. The maximum atomic E-state index is 2.43. The predicted octanol–water partition coefficient (Wildman–Crippen LogP) is 13.1. The summed E-state index contributed by atoms with van der Waals surface area (Å²) in [5, 5.41) is 5.82. The van der Waals surface area contributed by atoms with E-state index in [1.807, 2.05) is 0 Å². The zero-order chi connectivity index (χ0) is 37.3. The zero-order valence-electron chi connectivity index (χ0n) is 32.8. The van der Waals surface area contributed by atoms with Crippen molar-refractivity contribution in [2.45, 2.75) is 79.1 Å². The van der Waals surface area contributed by atoms with Gasteiger partial charge in [-0.25, -0.2) is 0 Å². The lowest BCUT2D eigenvalue weighted by molar-refractivity contribution is 0.824. The molecule has 266 valence electrons. The average molecular weight is 707 g/mol. The van der Waals surface area contributed by atoms with Crippen LogP contribution in [0, 0.1) is 0 Å². The van der Waals surface area contributed by atoms with E-state index in [1.165, 1.54) is 76.4 Å². The van der Waals surface area contributed by atoms with Crippen LogP contribution < -0.4 is 10.4 Å². The molecule has 1 aliphatic rings. The van der Waals surface area contributed by atoms with E-state index in [4.69, 9.17) is 0 Å². The van der Waals surface area contributed by atoms with Gasteiger partial charge in [-0.1, -0.05) is 213 Å². The number of hydrogen-bond donors (Lipinski definition) is 0. The molecule has 6 aromatic carbocycles. The molecule has 0 fully saturated rings. The first-order chi connectivity index (χ1) is 25.7. The fourth-order valence-corrected chi connectivity index (χ4v) is 14.6. The molecule has 6 aromatic rings. The van der Waals surface area contributed by atoms with Gasteiger partial charge in [-0.3, -0.25) is 0 Å². The molecule has 0 spiro atoms. The van der Waals surface area contributed by atoms with Crippen molar-refractivity contribution in [1.29, 1.82) is 0 Å². The number of allylic oxidation sites excluding steroid dienone is 2. The van der Waals surface area contributed by atoms with Crippen molar-refractivity contribution in [3.05, 3.63) is 202 Å². The molecule has 0 bridgehead atoms. The fraction of sp³-hybridized carbons (Fsp3) is 0.231. The molecule has 0 aromatic heterocycles. The first kappa shape index (κ1) is 36.4. The van der Waals surface area contributed by atoms with E-state index in [9.17, 15) is 0 Å². The van der Waals surface area contributed by atoms with Crippen LogP contribution in [-0.4, -0.2) is 8.07 Å². The molecule has 1 aliphatic heterocycles. The van der Waals surface area contributed by atoms with Crippen LogP contribution in [0.2, 0.25) is 0 Å². The van der Waals surface area contributed by atoms with Crippen LogP contribution in [0.25, 0.3) is 21.5 Å². The highest BCUT2D eigenvalue weighted by Crippen LogP contribution is 2.58. The van der Waals surface area contributed by atoms with Gasteiger partial charge in [0.2, 0.25) is 0 Å². The fourth-order valence-electron chi connectivity index (χ4n) is 8.98. The summed E-state index contributed by atoms with van der Waals surface area (Å²) in [6.07, 6.45) is 0. The minimum absolute atomic E-state index is 0.338. The van der Waals surface area contributed by atoms with Crippen LogP contribution in [0.4, 0.5) is 0 Å². The maximum absolute atomic E-state index is 3.09. The first-order valence-corrected chi connectivity index (χ1v) is 21.7. The van der Waals surface area contributed by atoms with E-state index in [-0.39, 0.29) is 0 Å². The Morgan fingerprint density at radius 1 is 0.302 bits per heavy atom. The van der Waals surface area contributed by atoms with Crippen molar-refractivity contribution in [3.63, 3.8) is 0 Å². The van der Waals surface area contributed by atoms with Gasteiger partial charge in [0.25, 0.3) is 0 Å². The SMILES string of the molecule is CC(C)c1cccc(C(C)C)c1C1=C(c2ccccc2)[Si](c2ccccc2)(c2ccccc2)C(c2ccccc2)=C1c1c(C(C)C)cccc1C(C)C. The van der Waals surface area contributed by atoms with E-state index in [0.717, 1.165) is 0 Å². The topological polar surface area (TPSA) is 0 Å². The summed E-state index contributed by atoms with van der Waals surface area (Å²) < 4.78 is 0. The second-order valence-electron chi connectivity index (χ2n) is 16.0. The highest BCUT2D eigenvalue weighted by atomic mass is 28.3. The third-order valence-corrected chi connectivity index (χ3v) is 16.3. The molecule has 0 unspecified atom stereocenters. The molecule has 0 N–H and O–H groups in total. The smallest absolute Gasteiger partial charge is 0.0623 e. The van der Waals surface area contributed by atoms with Crippen LogP contribution in [0.5, 0.6) is 0 Å². The van der Waals surface area contributed by atoms with E-state index in [0.29, 0.717) is 23.7 Å². The van der Waals surface area contributed by atoms with Gasteiger partial charge in [-0.05, 0) is 100 Å². The Hall–Kier alpha value is -4.98. The molecule has 0 amide bonds. The molecule has 0 saturated heterocycles. The normalized spacial score (nSPS) is 14.3. The Morgan fingerprint density at radius 3 is 0.830 bits per heavy atom. The van der Waals surface area contributed by atoms with Gasteiger partial charge in [-0.2, -0.15) is 0 Å². The van der Waals surface area contributed by atoms with Crippen molar-refractivity contribution < 1.29 is 0 Å². The quantitative estimate of drug-likeness (QED) is 0.124. The zero-order valence-corrected chi connectivity index (χ0v) is 33.8. The van der Waals surface area contributed by atoms with Gasteiger partial charge in [0.15, 0.2) is 8.07 Å². The Balaban J connectivity index is 1.90. The second kappa shape index (κ2) is 15.2. The molecule has 0 atom stereocenters. The minimum Gasteiger partial charge on any atom is -0.0623 e. The molecular weight excluding hydrogens is 653 g/mol. The Kier molecular flexibility index (Phi) is 10.4. The predicted molar refractivity (Wildman–Crippen MR) is 234 cm³/mol. The monoisotopic (exact) mass is 706 g/mol. The average Bonchev–Trinajstić information content (AvgIpc) is 3.50. The van der Waals surface area contributed by atoms with Crippen molar-refractivity contribution in [2.24, 2.45) is 0 Å². The van der Waals surface area contributed by atoms with Crippen LogP contribution in [0.1, 0.15) is 124 Å². The van der Waals surface area contributed by atoms with E-state index in [2.05, 4.69) is 213 Å². The van der Waals surface area contributed by atoms with Crippen molar-refractivity contribution in [1.82, 2.24) is 0 Å². The third-order valence-electron chi connectivity index (χ3n) is 11.3. The lowest BCUT2D eigenvalue weighted by Gasteiger charge is -2.36. The van der Waals surface area contributed by atoms with E-state index < -0.39 is 8.07 Å². The molecule has 1 heterocycles. The summed E-state index contributed by atoms with van der Waals surface area (Å²) in [7, 11) is -3.09. The van der Waals surface area contributed by atoms with Crippen molar-refractivity contribution >= 4 is 40.0 Å². The maximum Gasteiger partial charge on any atom is 0.182 e. The summed E-state index contributed by atoms with van der Waals surface area (Å²) >= 11 is 0. The van der Waals surface area contributed by atoms with Crippen LogP contribution in [0.3, 0.4) is 0 Å². The molecule has 7 rings (SSSR count). The summed E-state index contributed by atoms with van der Waals surface area (Å²) in [6.45, 7) is 19.0. The lowest BCUT2D eigenvalue weighted by Crippen LogP contribution is -2.59. The highest BCUT2D eigenvalue weighted by Gasteiger charge is 2.54. The number of rotatable bonds is 10. The van der Waals surface area contributed by atoms with Crippen LogP contribution in [0.15, 0.2) is 158 Å². The molecule has 0 nitrogen and oxygen atoms in total. The number of hydrogen-bond acceptors (Lipinski definition) is 0. The van der Waals surface area contributed by atoms with Gasteiger partial charge in [0, 0.05) is 0 Å². The van der Waals surface area contributed by atoms with Crippen LogP contribution >= 0.6 is 0 Å². The minimum atomic E-state index is -3.09. The summed E-state index contributed by atoms with van der Waals surface area (Å²) in [6, 6.07) is 60.3. The van der Waals surface area contributed by atoms with Crippen molar-refractivity contribution in [2.75, 3.05) is 0 Å². The van der Waals surface area contributed by atoms with Crippen LogP contribution in [-0.2, 0) is 0 Å². The van der Waals surface area contributed by atoms with Gasteiger partial charge >= 0.3 is 0 Å². The largest absolute Gasteiger partial charge is 0.182 e. The van der Waals surface area contributed by atoms with Gasteiger partial charge in [0.05, 0.1) is 0 Å². The van der Waals surface area contributed by atoms with E-state index in [1.54, 1.807) is 0 Å². The lowest BCUT2D eigenvalue weighted by atomic mass is 9.76. The molecule has 0 saturated carbocycles. The van der Waals surface area contributed by atoms with Gasteiger partial charge < -0.3 is 0 Å². The Bertz CT molecular complexity index is 2040. The highest BCUT2D eigenvalue weighted by molar-refractivity contribution is 7.29. The Morgan fingerprint density at radius 2 is 0.566 bits per heavy atom. The van der Waals surface area contributed by atoms with Gasteiger partial charge in [-0.15, -0.1) is 0 Å². The third kappa shape index (κ3) is 6.30. The number of benzene rings is 6. The molecule has 1 heteroatoms. The first-order valence-electron chi connectivity index (χ1n) is 19.7.